The number of rotatable bonds is 20. The Morgan fingerprint density at radius 2 is 1.26 bits per heavy atom. The zero-order valence-corrected chi connectivity index (χ0v) is 25.9. The molecular weight excluding hydrogens is 558 g/mol. The SMILES string of the molecule is COc1nc(OCc2nc(C)c(COc3ccc(CNCCCC(C)=O)c(OC)n3)s2)ccc1CNCCCC(C)=O. The monoisotopic (exact) mass is 599 g/mol. The molecule has 0 aliphatic rings. The maximum Gasteiger partial charge on any atom is 0.220 e. The third-order valence-electron chi connectivity index (χ3n) is 6.24. The number of aryl methyl sites for hydroxylation is 1. The van der Waals surface area contributed by atoms with Crippen molar-refractivity contribution in [3.05, 3.63) is 51.0 Å². The number of ketones is 2. The van der Waals surface area contributed by atoms with Crippen LogP contribution >= 0.6 is 11.3 Å². The topological polar surface area (TPSA) is 134 Å². The van der Waals surface area contributed by atoms with Crippen molar-refractivity contribution in [2.45, 2.75) is 72.8 Å². The summed E-state index contributed by atoms with van der Waals surface area (Å²) < 4.78 is 22.7. The summed E-state index contributed by atoms with van der Waals surface area (Å²) in [6.45, 7) is 8.40. The highest BCUT2D eigenvalue weighted by atomic mass is 32.1. The van der Waals surface area contributed by atoms with Gasteiger partial charge < -0.3 is 39.2 Å². The second-order valence-electron chi connectivity index (χ2n) is 9.79. The summed E-state index contributed by atoms with van der Waals surface area (Å²) >= 11 is 1.51. The molecule has 11 nitrogen and oxygen atoms in total. The summed E-state index contributed by atoms with van der Waals surface area (Å²) in [5.41, 5.74) is 2.70. The number of nitrogens with one attached hydrogen (secondary N) is 2. The first kappa shape index (κ1) is 32.9. The predicted octanol–water partition coefficient (Wildman–Crippen LogP) is 4.33. The van der Waals surface area contributed by atoms with Crippen molar-refractivity contribution in [2.75, 3.05) is 27.3 Å². The highest BCUT2D eigenvalue weighted by molar-refractivity contribution is 7.11. The van der Waals surface area contributed by atoms with Gasteiger partial charge in [0.2, 0.25) is 23.5 Å². The van der Waals surface area contributed by atoms with E-state index in [-0.39, 0.29) is 18.2 Å². The van der Waals surface area contributed by atoms with Gasteiger partial charge in [0.25, 0.3) is 0 Å². The molecule has 0 saturated carbocycles. The second-order valence-corrected chi connectivity index (χ2v) is 11.0. The van der Waals surface area contributed by atoms with Crippen LogP contribution in [0.4, 0.5) is 0 Å². The minimum Gasteiger partial charge on any atom is -0.481 e. The average molecular weight is 600 g/mol. The van der Waals surface area contributed by atoms with E-state index in [1.54, 1.807) is 28.1 Å². The predicted molar refractivity (Wildman–Crippen MR) is 160 cm³/mol. The first-order valence-corrected chi connectivity index (χ1v) is 14.8. The van der Waals surface area contributed by atoms with Crippen molar-refractivity contribution >= 4 is 22.9 Å². The van der Waals surface area contributed by atoms with Crippen molar-refractivity contribution < 1.29 is 28.5 Å². The molecular formula is C30H41N5O6S. The molecule has 2 N–H and O–H groups in total. The van der Waals surface area contributed by atoms with Gasteiger partial charge in [-0.1, -0.05) is 0 Å². The molecule has 3 heterocycles. The third-order valence-corrected chi connectivity index (χ3v) is 7.35. The summed E-state index contributed by atoms with van der Waals surface area (Å²) in [6, 6.07) is 7.47. The van der Waals surface area contributed by atoms with Crippen molar-refractivity contribution in [1.29, 1.82) is 0 Å². The minimum atomic E-state index is 0.194. The molecule has 0 saturated heterocycles. The van der Waals surface area contributed by atoms with Gasteiger partial charge in [0.05, 0.1) is 24.8 Å². The Morgan fingerprint density at radius 1 is 0.762 bits per heavy atom. The van der Waals surface area contributed by atoms with Crippen LogP contribution in [-0.4, -0.2) is 53.8 Å². The lowest BCUT2D eigenvalue weighted by molar-refractivity contribution is -0.117. The molecule has 0 unspecified atom stereocenters. The van der Waals surface area contributed by atoms with Gasteiger partial charge in [-0.15, -0.1) is 11.3 Å². The third kappa shape index (κ3) is 11.0. The lowest BCUT2D eigenvalue weighted by Crippen LogP contribution is -2.16. The maximum atomic E-state index is 11.1. The van der Waals surface area contributed by atoms with E-state index in [1.807, 2.05) is 31.2 Å². The fraction of sp³-hybridized carbons (Fsp3) is 0.500. The van der Waals surface area contributed by atoms with Gasteiger partial charge in [0.15, 0.2) is 0 Å². The second kappa shape index (κ2) is 17.4. The number of hydrogen-bond donors (Lipinski definition) is 2. The normalized spacial score (nSPS) is 10.9. The number of thiazole rings is 1. The van der Waals surface area contributed by atoms with Crippen LogP contribution in [0.2, 0.25) is 0 Å². The van der Waals surface area contributed by atoms with Gasteiger partial charge in [-0.3, -0.25) is 0 Å². The molecule has 228 valence electrons. The molecule has 12 heteroatoms. The zero-order valence-electron chi connectivity index (χ0n) is 25.1. The number of pyridine rings is 2. The number of ether oxygens (including phenoxy) is 4. The molecule has 0 atom stereocenters. The number of nitrogens with zero attached hydrogens (tertiary/aromatic N) is 3. The van der Waals surface area contributed by atoms with E-state index in [1.165, 1.54) is 11.3 Å². The Morgan fingerprint density at radius 3 is 1.74 bits per heavy atom. The Bertz CT molecular complexity index is 1320. The number of Topliss-reactive ketones (excluding diaryl/α,β-unsaturated/α-hetero) is 2. The lowest BCUT2D eigenvalue weighted by Gasteiger charge is -2.11. The van der Waals surface area contributed by atoms with Gasteiger partial charge in [-0.25, -0.2) is 4.98 Å². The van der Waals surface area contributed by atoms with E-state index in [2.05, 4.69) is 25.6 Å². The first-order chi connectivity index (χ1) is 20.3. The molecule has 0 fully saturated rings. The van der Waals surface area contributed by atoms with Crippen LogP contribution in [0.15, 0.2) is 24.3 Å². The molecule has 3 aromatic rings. The number of hydrogen-bond acceptors (Lipinski definition) is 12. The van der Waals surface area contributed by atoms with E-state index < -0.39 is 0 Å². The molecule has 3 aromatic heterocycles. The van der Waals surface area contributed by atoms with E-state index >= 15 is 0 Å². The van der Waals surface area contributed by atoms with Gasteiger partial charge >= 0.3 is 0 Å². The summed E-state index contributed by atoms with van der Waals surface area (Å²) in [7, 11) is 3.16. The quantitative estimate of drug-likeness (QED) is 0.180. The van der Waals surface area contributed by atoms with Gasteiger partial charge in [0, 0.05) is 49.2 Å². The van der Waals surface area contributed by atoms with Crippen molar-refractivity contribution in [3.63, 3.8) is 0 Å². The summed E-state index contributed by atoms with van der Waals surface area (Å²) in [4.78, 5) is 36.7. The van der Waals surface area contributed by atoms with E-state index in [0.29, 0.717) is 56.1 Å². The maximum absolute atomic E-state index is 11.1. The minimum absolute atomic E-state index is 0.194. The van der Waals surface area contributed by atoms with E-state index in [4.69, 9.17) is 18.9 Å². The molecule has 0 aliphatic carbocycles. The highest BCUT2D eigenvalue weighted by Crippen LogP contribution is 2.25. The van der Waals surface area contributed by atoms with Crippen molar-refractivity contribution in [2.24, 2.45) is 0 Å². The summed E-state index contributed by atoms with van der Waals surface area (Å²) in [6.07, 6.45) is 2.74. The van der Waals surface area contributed by atoms with Crippen molar-refractivity contribution in [3.8, 4) is 23.5 Å². The number of carbonyl (C=O) groups is 2. The van der Waals surface area contributed by atoms with Crippen LogP contribution in [0.5, 0.6) is 23.5 Å². The molecule has 0 bridgehead atoms. The van der Waals surface area contributed by atoms with Crippen LogP contribution in [0.3, 0.4) is 0 Å². The van der Waals surface area contributed by atoms with E-state index in [9.17, 15) is 9.59 Å². The Hall–Kier alpha value is -3.61. The Labute approximate surface area is 251 Å². The average Bonchev–Trinajstić information content (AvgIpc) is 3.33. The zero-order chi connectivity index (χ0) is 30.3. The fourth-order valence-corrected chi connectivity index (χ4v) is 4.91. The summed E-state index contributed by atoms with van der Waals surface area (Å²) in [5.74, 6) is 2.29. The first-order valence-electron chi connectivity index (χ1n) is 14.0. The number of aromatic nitrogens is 3. The number of carbonyl (C=O) groups excluding carboxylic acids is 2. The van der Waals surface area contributed by atoms with Gasteiger partial charge in [-0.2, -0.15) is 9.97 Å². The van der Waals surface area contributed by atoms with Crippen molar-refractivity contribution in [1.82, 2.24) is 25.6 Å². The molecule has 3 rings (SSSR count). The van der Waals surface area contributed by atoms with Crippen LogP contribution in [0.1, 0.15) is 66.2 Å². The molecule has 42 heavy (non-hydrogen) atoms. The smallest absolute Gasteiger partial charge is 0.220 e. The summed E-state index contributed by atoms with van der Waals surface area (Å²) in [5, 5.41) is 7.43. The van der Waals surface area contributed by atoms with Gasteiger partial charge in [-0.05, 0) is 58.8 Å². The lowest BCUT2D eigenvalue weighted by atomic mass is 10.2. The largest absolute Gasteiger partial charge is 0.481 e. The molecule has 0 spiro atoms. The Kier molecular flexibility index (Phi) is 13.6. The molecule has 0 amide bonds. The van der Waals surface area contributed by atoms with Gasteiger partial charge in [0.1, 0.15) is 29.8 Å². The fourth-order valence-electron chi connectivity index (χ4n) is 4.02. The van der Waals surface area contributed by atoms with E-state index in [0.717, 1.165) is 52.6 Å². The standard InChI is InChI=1S/C30H41N5O6S/c1-20(36)8-6-14-31-16-23-10-12-26(34-29(23)38-4)40-18-25-22(3)33-28(42-25)19-41-27-13-11-24(30(35-27)39-5)17-32-15-7-9-21(2)37/h10-13,31-32H,6-9,14-19H2,1-5H3. The van der Waals surface area contributed by atoms with Crippen LogP contribution in [0, 0.1) is 6.92 Å². The van der Waals surface area contributed by atoms with Crippen LogP contribution < -0.4 is 29.6 Å². The van der Waals surface area contributed by atoms with Crippen LogP contribution in [0.25, 0.3) is 0 Å². The molecule has 0 radical (unpaired) electrons. The molecule has 0 aromatic carbocycles. The number of methoxy groups -OCH3 is 2. The molecule has 0 aliphatic heterocycles. The van der Waals surface area contributed by atoms with Crippen LogP contribution in [-0.2, 0) is 35.9 Å². The Balaban J connectivity index is 1.49. The highest BCUT2D eigenvalue weighted by Gasteiger charge is 2.13.